The molecule has 128 valence electrons. The van der Waals surface area contributed by atoms with Crippen LogP contribution in [0.5, 0.6) is 0 Å². The van der Waals surface area contributed by atoms with E-state index in [1.54, 1.807) is 0 Å². The highest BCUT2D eigenvalue weighted by Crippen LogP contribution is 2.35. The first kappa shape index (κ1) is 16.6. The zero-order chi connectivity index (χ0) is 16.9. The number of ether oxygens (including phenoxy) is 1. The Hall–Kier alpha value is -2.25. The van der Waals surface area contributed by atoms with E-state index in [9.17, 15) is 4.79 Å². The number of benzene rings is 1. The summed E-state index contributed by atoms with van der Waals surface area (Å²) in [6, 6.07) is 9.93. The monoisotopic (exact) mass is 330 g/mol. The lowest BCUT2D eigenvalue weighted by Gasteiger charge is -2.35. The van der Waals surface area contributed by atoms with Gasteiger partial charge in [0, 0.05) is 19.0 Å². The first-order chi connectivity index (χ1) is 11.7. The van der Waals surface area contributed by atoms with Crippen molar-refractivity contribution in [1.82, 2.24) is 20.1 Å². The predicted octanol–water partition coefficient (Wildman–Crippen LogP) is 0.886. The van der Waals surface area contributed by atoms with Gasteiger partial charge in [-0.3, -0.25) is 4.79 Å². The van der Waals surface area contributed by atoms with Crippen LogP contribution in [0.3, 0.4) is 0 Å². The van der Waals surface area contributed by atoms with Crippen molar-refractivity contribution in [3.8, 4) is 0 Å². The van der Waals surface area contributed by atoms with Crippen LogP contribution in [0.2, 0.25) is 0 Å². The average molecular weight is 330 g/mol. The molecular formula is C17H22N4O3. The van der Waals surface area contributed by atoms with Crippen molar-refractivity contribution in [3.63, 3.8) is 0 Å². The summed E-state index contributed by atoms with van der Waals surface area (Å²) in [6.45, 7) is 0.383. The van der Waals surface area contributed by atoms with Crippen molar-refractivity contribution in [1.29, 1.82) is 0 Å². The van der Waals surface area contributed by atoms with Gasteiger partial charge in [-0.2, -0.15) is 0 Å². The van der Waals surface area contributed by atoms with Crippen LogP contribution in [-0.2, 0) is 29.8 Å². The molecule has 1 fully saturated rings. The van der Waals surface area contributed by atoms with Crippen molar-refractivity contribution in [2.45, 2.75) is 38.0 Å². The van der Waals surface area contributed by atoms with Gasteiger partial charge in [0.2, 0.25) is 5.91 Å². The molecule has 1 aliphatic carbocycles. The molecule has 1 heterocycles. The maximum atomic E-state index is 11.9. The van der Waals surface area contributed by atoms with E-state index in [0.717, 1.165) is 24.2 Å². The number of nitrogens with one attached hydrogen (secondary N) is 1. The van der Waals surface area contributed by atoms with Crippen LogP contribution in [0.4, 0.5) is 0 Å². The summed E-state index contributed by atoms with van der Waals surface area (Å²) in [7, 11) is 1.85. The number of aliphatic hydroxyl groups is 1. The second kappa shape index (κ2) is 7.55. The molecule has 1 aromatic carbocycles. The Morgan fingerprint density at radius 1 is 1.33 bits per heavy atom. The van der Waals surface area contributed by atoms with E-state index in [1.165, 1.54) is 0 Å². The van der Waals surface area contributed by atoms with Gasteiger partial charge in [0.15, 0.2) is 5.82 Å². The van der Waals surface area contributed by atoms with E-state index in [1.807, 2.05) is 41.9 Å². The highest BCUT2D eigenvalue weighted by atomic mass is 16.5. The van der Waals surface area contributed by atoms with Crippen LogP contribution in [0.25, 0.3) is 0 Å². The number of amides is 1. The number of nitrogens with zero attached hydrogens (tertiary/aromatic N) is 3. The quantitative estimate of drug-likeness (QED) is 0.787. The van der Waals surface area contributed by atoms with Gasteiger partial charge in [0.05, 0.1) is 6.61 Å². The normalized spacial score (nSPS) is 19.8. The molecule has 3 rings (SSSR count). The fraction of sp³-hybridized carbons (Fsp3) is 0.471. The maximum absolute atomic E-state index is 11.9. The van der Waals surface area contributed by atoms with Gasteiger partial charge < -0.3 is 19.7 Å². The number of aromatic nitrogens is 3. The van der Waals surface area contributed by atoms with Gasteiger partial charge >= 0.3 is 0 Å². The predicted molar refractivity (Wildman–Crippen MR) is 86.9 cm³/mol. The van der Waals surface area contributed by atoms with Gasteiger partial charge in [0.1, 0.15) is 19.0 Å². The minimum Gasteiger partial charge on any atom is -0.388 e. The first-order valence-electron chi connectivity index (χ1n) is 8.07. The van der Waals surface area contributed by atoms with Crippen LogP contribution < -0.4 is 5.32 Å². The second-order valence-electron chi connectivity index (χ2n) is 6.10. The smallest absolute Gasteiger partial charge is 0.246 e. The number of hydrogen-bond acceptors (Lipinski definition) is 5. The zero-order valence-electron chi connectivity index (χ0n) is 13.7. The number of carbonyl (C=O) groups excluding carboxylic acids is 1. The first-order valence-corrected chi connectivity index (χ1v) is 8.07. The fourth-order valence-electron chi connectivity index (χ4n) is 2.92. The third-order valence-corrected chi connectivity index (χ3v) is 4.35. The number of aliphatic hydroxyl groups excluding tert-OH is 1. The largest absolute Gasteiger partial charge is 0.388 e. The van der Waals surface area contributed by atoms with E-state index in [-0.39, 0.29) is 31.1 Å². The van der Waals surface area contributed by atoms with Gasteiger partial charge in [-0.15, -0.1) is 10.2 Å². The number of carbonyl (C=O) groups is 1. The average Bonchev–Trinajstić information content (AvgIpc) is 2.92. The summed E-state index contributed by atoms with van der Waals surface area (Å²) in [5.74, 6) is 1.61. The molecule has 0 radical (unpaired) electrons. The molecule has 2 N–H and O–H groups in total. The molecule has 0 unspecified atom stereocenters. The van der Waals surface area contributed by atoms with E-state index in [4.69, 9.17) is 9.84 Å². The highest BCUT2D eigenvalue weighted by molar-refractivity contribution is 5.77. The Labute approximate surface area is 140 Å². The topological polar surface area (TPSA) is 89.3 Å². The molecule has 0 spiro atoms. The standard InChI is InChI=1S/C17H22N4O3/c1-21-15(9-22)19-20-17(21)13-7-14(8-13)18-16(23)11-24-10-12-5-3-2-4-6-12/h2-6,13-14,22H,7-11H2,1H3,(H,18,23). The molecule has 1 aromatic heterocycles. The highest BCUT2D eigenvalue weighted by Gasteiger charge is 2.34. The Morgan fingerprint density at radius 3 is 2.75 bits per heavy atom. The molecule has 1 amide bonds. The van der Waals surface area contributed by atoms with Gasteiger partial charge in [-0.25, -0.2) is 0 Å². The van der Waals surface area contributed by atoms with Crippen LogP contribution in [-0.4, -0.2) is 38.4 Å². The van der Waals surface area contributed by atoms with Crippen molar-refractivity contribution in [2.75, 3.05) is 6.61 Å². The summed E-state index contributed by atoms with van der Waals surface area (Å²) in [5.41, 5.74) is 1.05. The molecule has 7 heteroatoms. The molecule has 0 saturated heterocycles. The number of rotatable bonds is 7. The van der Waals surface area contributed by atoms with Crippen molar-refractivity contribution < 1.29 is 14.6 Å². The van der Waals surface area contributed by atoms with E-state index >= 15 is 0 Å². The lowest BCUT2D eigenvalue weighted by Crippen LogP contribution is -2.45. The Balaban J connectivity index is 1.37. The molecule has 1 saturated carbocycles. The summed E-state index contributed by atoms with van der Waals surface area (Å²) in [5, 5.41) is 20.2. The van der Waals surface area contributed by atoms with Crippen LogP contribution in [0.15, 0.2) is 30.3 Å². The fourth-order valence-corrected chi connectivity index (χ4v) is 2.92. The summed E-state index contributed by atoms with van der Waals surface area (Å²) >= 11 is 0. The lowest BCUT2D eigenvalue weighted by atomic mass is 9.79. The summed E-state index contributed by atoms with van der Waals surface area (Å²) < 4.78 is 7.26. The molecule has 0 aliphatic heterocycles. The molecule has 0 atom stereocenters. The molecule has 7 nitrogen and oxygen atoms in total. The van der Waals surface area contributed by atoms with Gasteiger partial charge in [-0.05, 0) is 18.4 Å². The van der Waals surface area contributed by atoms with Crippen LogP contribution in [0.1, 0.15) is 36.0 Å². The molecule has 0 bridgehead atoms. The van der Waals surface area contributed by atoms with Crippen molar-refractivity contribution >= 4 is 5.91 Å². The van der Waals surface area contributed by atoms with E-state index in [0.29, 0.717) is 12.4 Å². The number of hydrogen-bond donors (Lipinski definition) is 2. The molecule has 2 aromatic rings. The van der Waals surface area contributed by atoms with E-state index in [2.05, 4.69) is 15.5 Å². The summed E-state index contributed by atoms with van der Waals surface area (Å²) in [6.07, 6.45) is 1.67. The van der Waals surface area contributed by atoms with Crippen LogP contribution >= 0.6 is 0 Å². The van der Waals surface area contributed by atoms with Crippen LogP contribution in [0, 0.1) is 0 Å². The second-order valence-corrected chi connectivity index (χ2v) is 6.10. The Kier molecular flexibility index (Phi) is 5.22. The van der Waals surface area contributed by atoms with E-state index < -0.39 is 0 Å². The zero-order valence-corrected chi connectivity index (χ0v) is 13.7. The lowest BCUT2D eigenvalue weighted by molar-refractivity contribution is -0.127. The van der Waals surface area contributed by atoms with Gasteiger partial charge in [-0.1, -0.05) is 30.3 Å². The van der Waals surface area contributed by atoms with Gasteiger partial charge in [0.25, 0.3) is 0 Å². The molecular weight excluding hydrogens is 308 g/mol. The third-order valence-electron chi connectivity index (χ3n) is 4.35. The molecule has 1 aliphatic rings. The third kappa shape index (κ3) is 3.80. The minimum atomic E-state index is -0.116. The Morgan fingerprint density at radius 2 is 2.08 bits per heavy atom. The minimum absolute atomic E-state index is 0.0642. The Bertz CT molecular complexity index is 680. The molecule has 24 heavy (non-hydrogen) atoms. The van der Waals surface area contributed by atoms with Crippen molar-refractivity contribution in [2.24, 2.45) is 7.05 Å². The maximum Gasteiger partial charge on any atom is 0.246 e. The van der Waals surface area contributed by atoms with Crippen molar-refractivity contribution in [3.05, 3.63) is 47.5 Å². The SMILES string of the molecule is Cn1c(CO)nnc1C1CC(NC(=O)COCc2ccccc2)C1. The summed E-state index contributed by atoms with van der Waals surface area (Å²) in [4.78, 5) is 11.9.